The summed E-state index contributed by atoms with van der Waals surface area (Å²) in [6.07, 6.45) is 0.0790. The van der Waals surface area contributed by atoms with Crippen LogP contribution >= 0.6 is 11.8 Å². The third kappa shape index (κ3) is 5.94. The lowest BCUT2D eigenvalue weighted by Gasteiger charge is -2.13. The number of halogens is 3. The highest BCUT2D eigenvalue weighted by atomic mass is 32.2. The van der Waals surface area contributed by atoms with E-state index in [1.54, 1.807) is 30.3 Å². The third-order valence-corrected chi connectivity index (χ3v) is 5.63. The molecule has 0 radical (unpaired) electrons. The zero-order valence-corrected chi connectivity index (χ0v) is 17.9. The maximum Gasteiger partial charge on any atom is 0.417 e. The number of esters is 1. The second kappa shape index (κ2) is 10.1. The van der Waals surface area contributed by atoms with Gasteiger partial charge in [0.25, 0.3) is 0 Å². The summed E-state index contributed by atoms with van der Waals surface area (Å²) >= 11 is 1.27. The zero-order chi connectivity index (χ0) is 22.4. The van der Waals surface area contributed by atoms with E-state index in [-0.39, 0.29) is 17.3 Å². The van der Waals surface area contributed by atoms with Crippen LogP contribution in [0.4, 0.5) is 13.2 Å². The van der Waals surface area contributed by atoms with Gasteiger partial charge in [-0.05, 0) is 48.7 Å². The lowest BCUT2D eigenvalue weighted by molar-refractivity contribution is -0.137. The van der Waals surface area contributed by atoms with Gasteiger partial charge in [0.2, 0.25) is 0 Å². The Hall–Kier alpha value is -2.67. The average molecular weight is 449 g/mol. The molecule has 0 spiro atoms. The molecule has 1 heterocycles. The van der Waals surface area contributed by atoms with Gasteiger partial charge in [-0.25, -0.2) is 4.79 Å². The van der Waals surface area contributed by atoms with Crippen molar-refractivity contribution in [3.05, 3.63) is 66.2 Å². The van der Waals surface area contributed by atoms with Crippen molar-refractivity contribution in [3.63, 3.8) is 0 Å². The predicted molar refractivity (Wildman–Crippen MR) is 117 cm³/mol. The average Bonchev–Trinajstić information content (AvgIpc) is 3.16. The molecule has 0 bridgehead atoms. The number of furan rings is 1. The fourth-order valence-corrected chi connectivity index (χ4v) is 3.89. The van der Waals surface area contributed by atoms with Crippen molar-refractivity contribution in [2.75, 3.05) is 5.94 Å². The summed E-state index contributed by atoms with van der Waals surface area (Å²) in [7, 11) is 0. The molecule has 0 aliphatic carbocycles. The van der Waals surface area contributed by atoms with Crippen LogP contribution in [0.1, 0.15) is 37.3 Å². The first kappa shape index (κ1) is 23.0. The van der Waals surface area contributed by atoms with Crippen LogP contribution in [0.2, 0.25) is 0 Å². The summed E-state index contributed by atoms with van der Waals surface area (Å²) in [6.45, 7) is 5.39. The Labute approximate surface area is 183 Å². The van der Waals surface area contributed by atoms with Gasteiger partial charge in [-0.3, -0.25) is 0 Å². The molecule has 31 heavy (non-hydrogen) atoms. The van der Waals surface area contributed by atoms with Gasteiger partial charge in [0.05, 0.1) is 5.56 Å². The van der Waals surface area contributed by atoms with Crippen molar-refractivity contribution in [2.45, 2.75) is 43.7 Å². The molecule has 0 fully saturated rings. The number of hydrogen-bond donors (Lipinski definition) is 0. The van der Waals surface area contributed by atoms with Crippen molar-refractivity contribution < 1.29 is 27.1 Å². The van der Waals surface area contributed by atoms with Crippen LogP contribution in [0.15, 0.2) is 64.4 Å². The molecule has 3 aromatic rings. The Morgan fingerprint density at radius 2 is 1.97 bits per heavy atom. The number of carbonyl (C=O) groups excluding carboxylic acids is 1. The fraction of sp³-hybridized carbons (Fsp3) is 0.292. The quantitative estimate of drug-likeness (QED) is 0.111. The van der Waals surface area contributed by atoms with Crippen molar-refractivity contribution >= 4 is 28.7 Å². The molecule has 0 saturated heterocycles. The molecule has 164 valence electrons. The maximum atomic E-state index is 13.8. The van der Waals surface area contributed by atoms with E-state index in [4.69, 9.17) is 9.15 Å². The first-order chi connectivity index (χ1) is 14.8. The molecule has 0 unspecified atom stereocenters. The lowest BCUT2D eigenvalue weighted by atomic mass is 9.98. The van der Waals surface area contributed by atoms with Crippen molar-refractivity contribution in [1.29, 1.82) is 0 Å². The first-order valence-electron chi connectivity index (χ1n) is 9.98. The van der Waals surface area contributed by atoms with Crippen LogP contribution < -0.4 is 0 Å². The smallest absolute Gasteiger partial charge is 0.417 e. The fourth-order valence-electron chi connectivity index (χ4n) is 3.22. The summed E-state index contributed by atoms with van der Waals surface area (Å²) in [5.74, 6) is -0.254. The van der Waals surface area contributed by atoms with E-state index >= 15 is 0 Å². The SMILES string of the molecule is C=CC(=O)OCSc1ccc2cc(-c3ccc(CCCCC)cc3C(F)(F)F)oc2c1. The summed E-state index contributed by atoms with van der Waals surface area (Å²) < 4.78 is 52.0. The second-order valence-corrected chi connectivity index (χ2v) is 8.07. The minimum Gasteiger partial charge on any atom is -0.456 e. The molecule has 0 N–H and O–H groups in total. The Morgan fingerprint density at radius 1 is 1.16 bits per heavy atom. The largest absolute Gasteiger partial charge is 0.456 e. The highest BCUT2D eigenvalue weighted by molar-refractivity contribution is 7.99. The molecule has 0 amide bonds. The minimum absolute atomic E-state index is 0.0251. The Bertz CT molecular complexity index is 1070. The normalized spacial score (nSPS) is 11.6. The van der Waals surface area contributed by atoms with Crippen LogP contribution in [0.25, 0.3) is 22.3 Å². The number of unbranched alkanes of at least 4 members (excludes halogenated alkanes) is 2. The van der Waals surface area contributed by atoms with Gasteiger partial charge in [-0.1, -0.05) is 50.2 Å². The maximum absolute atomic E-state index is 13.8. The zero-order valence-electron chi connectivity index (χ0n) is 17.1. The molecular formula is C24H23F3O3S. The predicted octanol–water partition coefficient (Wildman–Crippen LogP) is 7.63. The molecule has 7 heteroatoms. The number of carbonyl (C=O) groups is 1. The number of fused-ring (bicyclic) bond motifs is 1. The van der Waals surface area contributed by atoms with E-state index in [1.165, 1.54) is 23.9 Å². The van der Waals surface area contributed by atoms with Crippen molar-refractivity contribution in [3.8, 4) is 11.3 Å². The van der Waals surface area contributed by atoms with Crippen LogP contribution in [0, 0.1) is 0 Å². The monoisotopic (exact) mass is 448 g/mol. The number of hydrogen-bond acceptors (Lipinski definition) is 4. The molecule has 0 saturated carbocycles. The lowest BCUT2D eigenvalue weighted by Crippen LogP contribution is -2.08. The molecule has 3 nitrogen and oxygen atoms in total. The van der Waals surface area contributed by atoms with Crippen molar-refractivity contribution in [2.24, 2.45) is 0 Å². The number of thioether (sulfide) groups is 1. The van der Waals surface area contributed by atoms with Crippen LogP contribution in [0.5, 0.6) is 0 Å². The molecule has 0 aliphatic rings. The van der Waals surface area contributed by atoms with Crippen LogP contribution in [0.3, 0.4) is 0 Å². The molecule has 0 aliphatic heterocycles. The molecule has 0 atom stereocenters. The number of rotatable bonds is 9. The second-order valence-electron chi connectivity index (χ2n) is 7.07. The Kier molecular flexibility index (Phi) is 7.49. The molecule has 3 rings (SSSR count). The molecule has 2 aromatic carbocycles. The number of benzene rings is 2. The minimum atomic E-state index is -4.48. The van der Waals surface area contributed by atoms with E-state index in [0.717, 1.165) is 30.2 Å². The standard InChI is InChI=1S/C24H23F3O3S/c1-3-5-6-7-16-8-11-19(20(12-16)24(25,26)27)22-13-17-9-10-18(14-21(17)30-22)31-15-29-23(28)4-2/h4,8-14H,2-3,5-7,15H2,1H3. The highest BCUT2D eigenvalue weighted by Crippen LogP contribution is 2.40. The number of ether oxygens (including phenoxy) is 1. The van der Waals surface area contributed by atoms with E-state index in [0.29, 0.717) is 23.0 Å². The van der Waals surface area contributed by atoms with Crippen LogP contribution in [-0.4, -0.2) is 11.9 Å². The van der Waals surface area contributed by atoms with Gasteiger partial charge in [-0.15, -0.1) is 0 Å². The Balaban J connectivity index is 1.87. The summed E-state index contributed by atoms with van der Waals surface area (Å²) in [6, 6.07) is 11.4. The first-order valence-corrected chi connectivity index (χ1v) is 11.0. The van der Waals surface area contributed by atoms with E-state index in [1.807, 2.05) is 0 Å². The Morgan fingerprint density at radius 3 is 2.68 bits per heavy atom. The van der Waals surface area contributed by atoms with Gasteiger partial charge >= 0.3 is 12.1 Å². The summed E-state index contributed by atoms with van der Waals surface area (Å²) in [4.78, 5) is 11.9. The van der Waals surface area contributed by atoms with E-state index < -0.39 is 17.7 Å². The number of alkyl halides is 3. The topological polar surface area (TPSA) is 39.4 Å². The van der Waals surface area contributed by atoms with Gasteiger partial charge in [-0.2, -0.15) is 13.2 Å². The third-order valence-electron chi connectivity index (χ3n) is 4.81. The van der Waals surface area contributed by atoms with Gasteiger partial charge in [0.1, 0.15) is 17.3 Å². The summed E-state index contributed by atoms with van der Waals surface area (Å²) in [5.41, 5.74) is 0.479. The van der Waals surface area contributed by atoms with E-state index in [9.17, 15) is 18.0 Å². The van der Waals surface area contributed by atoms with Gasteiger partial charge < -0.3 is 9.15 Å². The highest BCUT2D eigenvalue weighted by Gasteiger charge is 2.34. The molecule has 1 aromatic heterocycles. The van der Waals surface area contributed by atoms with Gasteiger partial charge in [0, 0.05) is 21.9 Å². The number of aryl methyl sites for hydroxylation is 1. The van der Waals surface area contributed by atoms with E-state index in [2.05, 4.69) is 13.5 Å². The van der Waals surface area contributed by atoms with Crippen LogP contribution in [-0.2, 0) is 22.1 Å². The van der Waals surface area contributed by atoms with Gasteiger partial charge in [0.15, 0.2) is 0 Å². The summed E-state index contributed by atoms with van der Waals surface area (Å²) in [5, 5.41) is 0.697. The molecular weight excluding hydrogens is 425 g/mol. The van der Waals surface area contributed by atoms with Crippen molar-refractivity contribution in [1.82, 2.24) is 0 Å².